The summed E-state index contributed by atoms with van der Waals surface area (Å²) in [7, 11) is 2.98. The molecule has 1 aromatic carbocycles. The van der Waals surface area contributed by atoms with Gasteiger partial charge in [0, 0.05) is 5.56 Å². The Kier molecular flexibility index (Phi) is 4.86. The summed E-state index contributed by atoms with van der Waals surface area (Å²) in [6.07, 6.45) is -2.13. The number of aliphatic hydroxyl groups is 2. The van der Waals surface area contributed by atoms with E-state index in [1.54, 1.807) is 18.2 Å². The first-order chi connectivity index (χ1) is 7.65. The molecule has 0 saturated carbocycles. The lowest BCUT2D eigenvalue weighted by atomic mass is 10.0. The van der Waals surface area contributed by atoms with E-state index < -0.39 is 12.2 Å². The summed E-state index contributed by atoms with van der Waals surface area (Å²) in [6, 6.07) is 5.07. The highest BCUT2D eigenvalue weighted by Gasteiger charge is 2.22. The first-order valence-electron chi connectivity index (χ1n) is 4.78. The third kappa shape index (κ3) is 2.58. The maximum Gasteiger partial charge on any atom is 0.166 e. The SMILES string of the molecule is COc1cccc(C(O)C(O)CCl)c1OC. The number of halogens is 1. The predicted octanol–water partition coefficient (Wildman–Crippen LogP) is 1.34. The minimum absolute atomic E-state index is 0.0540. The Labute approximate surface area is 99.4 Å². The molecule has 2 N–H and O–H groups in total. The van der Waals surface area contributed by atoms with Crippen LogP contribution in [0.5, 0.6) is 11.5 Å². The minimum Gasteiger partial charge on any atom is -0.493 e. The molecule has 0 aliphatic carbocycles. The van der Waals surface area contributed by atoms with Crippen LogP contribution in [-0.2, 0) is 0 Å². The first kappa shape index (κ1) is 13.1. The van der Waals surface area contributed by atoms with Crippen LogP contribution in [0.2, 0.25) is 0 Å². The summed E-state index contributed by atoms with van der Waals surface area (Å²) in [4.78, 5) is 0. The Morgan fingerprint density at radius 3 is 2.44 bits per heavy atom. The summed E-state index contributed by atoms with van der Waals surface area (Å²) in [5.74, 6) is 0.851. The average Bonchev–Trinajstić information content (AvgIpc) is 2.35. The second-order valence-corrected chi connectivity index (χ2v) is 3.56. The minimum atomic E-state index is -1.09. The second kappa shape index (κ2) is 5.94. The molecule has 0 amide bonds. The summed E-state index contributed by atoms with van der Waals surface area (Å²) in [5, 5.41) is 19.3. The quantitative estimate of drug-likeness (QED) is 0.770. The molecule has 2 atom stereocenters. The van der Waals surface area contributed by atoms with Crippen LogP contribution in [0.1, 0.15) is 11.7 Å². The number of alkyl halides is 1. The van der Waals surface area contributed by atoms with Gasteiger partial charge >= 0.3 is 0 Å². The molecule has 1 aromatic rings. The van der Waals surface area contributed by atoms with E-state index >= 15 is 0 Å². The molecule has 0 radical (unpaired) electrons. The molecule has 2 unspecified atom stereocenters. The van der Waals surface area contributed by atoms with Crippen LogP contribution in [0, 0.1) is 0 Å². The van der Waals surface area contributed by atoms with Crippen molar-refractivity contribution in [3.05, 3.63) is 23.8 Å². The van der Waals surface area contributed by atoms with Crippen LogP contribution in [0.25, 0.3) is 0 Å². The number of methoxy groups -OCH3 is 2. The Morgan fingerprint density at radius 2 is 1.94 bits per heavy atom. The number of rotatable bonds is 5. The number of para-hydroxylation sites is 1. The molecular formula is C11H15ClO4. The van der Waals surface area contributed by atoms with Crippen LogP contribution in [0.4, 0.5) is 0 Å². The van der Waals surface area contributed by atoms with Crippen molar-refractivity contribution < 1.29 is 19.7 Å². The maximum absolute atomic E-state index is 9.85. The van der Waals surface area contributed by atoms with Crippen molar-refractivity contribution in [3.63, 3.8) is 0 Å². The van der Waals surface area contributed by atoms with E-state index in [-0.39, 0.29) is 5.88 Å². The van der Waals surface area contributed by atoms with Gasteiger partial charge in [0.1, 0.15) is 6.10 Å². The van der Waals surface area contributed by atoms with Crippen LogP contribution >= 0.6 is 11.6 Å². The van der Waals surface area contributed by atoms with Gasteiger partial charge in [0.25, 0.3) is 0 Å². The molecule has 0 aliphatic heterocycles. The van der Waals surface area contributed by atoms with Crippen molar-refractivity contribution in [2.24, 2.45) is 0 Å². The van der Waals surface area contributed by atoms with Gasteiger partial charge in [0.2, 0.25) is 0 Å². The van der Waals surface area contributed by atoms with Crippen molar-refractivity contribution in [2.75, 3.05) is 20.1 Å². The molecule has 0 fully saturated rings. The average molecular weight is 247 g/mol. The van der Waals surface area contributed by atoms with Gasteiger partial charge in [0.05, 0.1) is 26.2 Å². The lowest BCUT2D eigenvalue weighted by molar-refractivity contribution is 0.0310. The number of hydrogen-bond donors (Lipinski definition) is 2. The normalized spacial score (nSPS) is 14.3. The van der Waals surface area contributed by atoms with E-state index in [2.05, 4.69) is 0 Å². The smallest absolute Gasteiger partial charge is 0.166 e. The Morgan fingerprint density at radius 1 is 1.25 bits per heavy atom. The van der Waals surface area contributed by atoms with Gasteiger partial charge in [0.15, 0.2) is 11.5 Å². The molecule has 4 nitrogen and oxygen atoms in total. The highest BCUT2D eigenvalue weighted by molar-refractivity contribution is 6.18. The summed E-state index contributed by atoms with van der Waals surface area (Å²) >= 11 is 5.48. The Balaban J connectivity index is 3.12. The number of aliphatic hydroxyl groups excluding tert-OH is 2. The van der Waals surface area contributed by atoms with E-state index in [1.807, 2.05) is 0 Å². The van der Waals surface area contributed by atoms with Crippen molar-refractivity contribution in [1.82, 2.24) is 0 Å². The van der Waals surface area contributed by atoms with Crippen LogP contribution in [-0.4, -0.2) is 36.4 Å². The molecular weight excluding hydrogens is 232 g/mol. The van der Waals surface area contributed by atoms with Gasteiger partial charge in [-0.2, -0.15) is 0 Å². The van der Waals surface area contributed by atoms with Gasteiger partial charge in [-0.25, -0.2) is 0 Å². The van der Waals surface area contributed by atoms with Gasteiger partial charge in [-0.1, -0.05) is 12.1 Å². The molecule has 0 aliphatic rings. The fourth-order valence-electron chi connectivity index (χ4n) is 1.44. The molecule has 0 heterocycles. The highest BCUT2D eigenvalue weighted by Crippen LogP contribution is 2.35. The van der Waals surface area contributed by atoms with Crippen molar-refractivity contribution in [1.29, 1.82) is 0 Å². The summed E-state index contributed by atoms with van der Waals surface area (Å²) in [6.45, 7) is 0. The lowest BCUT2D eigenvalue weighted by Gasteiger charge is -2.19. The summed E-state index contributed by atoms with van der Waals surface area (Å²) < 4.78 is 10.2. The Bertz CT molecular complexity index is 343. The van der Waals surface area contributed by atoms with E-state index in [9.17, 15) is 10.2 Å². The molecule has 1 rings (SSSR count). The molecule has 0 bridgehead atoms. The van der Waals surface area contributed by atoms with E-state index in [1.165, 1.54) is 14.2 Å². The zero-order chi connectivity index (χ0) is 12.1. The zero-order valence-corrected chi connectivity index (χ0v) is 9.94. The Hall–Kier alpha value is -0.970. The number of hydrogen-bond acceptors (Lipinski definition) is 4. The highest BCUT2D eigenvalue weighted by atomic mass is 35.5. The van der Waals surface area contributed by atoms with E-state index in [4.69, 9.17) is 21.1 Å². The van der Waals surface area contributed by atoms with Crippen LogP contribution < -0.4 is 9.47 Å². The number of benzene rings is 1. The molecule has 90 valence electrons. The van der Waals surface area contributed by atoms with Gasteiger partial charge in [-0.05, 0) is 6.07 Å². The molecule has 5 heteroatoms. The molecule has 0 spiro atoms. The van der Waals surface area contributed by atoms with Gasteiger partial charge in [-0.15, -0.1) is 11.6 Å². The third-order valence-electron chi connectivity index (χ3n) is 2.27. The second-order valence-electron chi connectivity index (χ2n) is 3.25. The molecule has 16 heavy (non-hydrogen) atoms. The summed E-state index contributed by atoms with van der Waals surface area (Å²) in [5.41, 5.74) is 0.454. The predicted molar refractivity (Wildman–Crippen MR) is 61.2 cm³/mol. The van der Waals surface area contributed by atoms with Crippen molar-refractivity contribution in [2.45, 2.75) is 12.2 Å². The molecule has 0 saturated heterocycles. The van der Waals surface area contributed by atoms with Crippen LogP contribution in [0.15, 0.2) is 18.2 Å². The standard InChI is InChI=1S/C11H15ClO4/c1-15-9-5-3-4-7(11(9)16-2)10(14)8(13)6-12/h3-5,8,10,13-14H,6H2,1-2H3. The fourth-order valence-corrected chi connectivity index (χ4v) is 1.61. The largest absolute Gasteiger partial charge is 0.493 e. The van der Waals surface area contributed by atoms with Crippen LogP contribution in [0.3, 0.4) is 0 Å². The number of ether oxygens (including phenoxy) is 2. The van der Waals surface area contributed by atoms with E-state index in [0.717, 1.165) is 0 Å². The fraction of sp³-hybridized carbons (Fsp3) is 0.455. The van der Waals surface area contributed by atoms with Crippen molar-refractivity contribution >= 4 is 11.6 Å². The topological polar surface area (TPSA) is 58.9 Å². The zero-order valence-electron chi connectivity index (χ0n) is 9.18. The lowest BCUT2D eigenvalue weighted by Crippen LogP contribution is -2.20. The van der Waals surface area contributed by atoms with E-state index in [0.29, 0.717) is 17.1 Å². The monoisotopic (exact) mass is 246 g/mol. The van der Waals surface area contributed by atoms with Gasteiger partial charge < -0.3 is 19.7 Å². The third-order valence-corrected chi connectivity index (χ3v) is 2.59. The van der Waals surface area contributed by atoms with Gasteiger partial charge in [-0.3, -0.25) is 0 Å². The maximum atomic E-state index is 9.85. The van der Waals surface area contributed by atoms with Crippen molar-refractivity contribution in [3.8, 4) is 11.5 Å². The first-order valence-corrected chi connectivity index (χ1v) is 5.32. The molecule has 0 aromatic heterocycles.